The third-order valence-corrected chi connectivity index (χ3v) is 7.48. The van der Waals surface area contributed by atoms with Crippen LogP contribution in [0, 0.1) is 12.8 Å². The summed E-state index contributed by atoms with van der Waals surface area (Å²) in [5, 5.41) is 7.54. The predicted octanol–water partition coefficient (Wildman–Crippen LogP) is 5.10. The minimum Gasteiger partial charge on any atom is -0.345 e. The van der Waals surface area contributed by atoms with Crippen LogP contribution in [-0.2, 0) is 11.0 Å². The van der Waals surface area contributed by atoms with Gasteiger partial charge in [0.2, 0.25) is 5.91 Å². The Morgan fingerprint density at radius 1 is 1.26 bits per heavy atom. The number of amides is 2. The minimum atomic E-state index is -4.40. The molecule has 0 aliphatic heterocycles. The summed E-state index contributed by atoms with van der Waals surface area (Å²) in [6.07, 6.45) is 1.16. The van der Waals surface area contributed by atoms with Gasteiger partial charge in [0.15, 0.2) is 0 Å². The molecule has 6 nitrogen and oxygen atoms in total. The first-order valence-corrected chi connectivity index (χ1v) is 12.3. The van der Waals surface area contributed by atoms with Gasteiger partial charge in [-0.1, -0.05) is 32.0 Å². The minimum absolute atomic E-state index is 0.0920. The SMILES string of the molecule is CCC(CC)n1ncc(C(=O)NC2(CN(C)C(=O)[C@@H]3C[C@H]3c3cccc(C(F)(F)F)c3)CC2)c1C. The highest BCUT2D eigenvalue weighted by Gasteiger charge is 2.50. The molecule has 2 aliphatic carbocycles. The lowest BCUT2D eigenvalue weighted by atomic mass is 10.0. The van der Waals surface area contributed by atoms with Gasteiger partial charge >= 0.3 is 6.18 Å². The number of rotatable bonds is 9. The molecule has 0 unspecified atom stereocenters. The van der Waals surface area contributed by atoms with Gasteiger partial charge in [0.25, 0.3) is 5.91 Å². The Morgan fingerprint density at radius 3 is 2.54 bits per heavy atom. The first-order chi connectivity index (χ1) is 16.5. The Labute approximate surface area is 203 Å². The van der Waals surface area contributed by atoms with Crippen molar-refractivity contribution < 1.29 is 22.8 Å². The molecule has 1 N–H and O–H groups in total. The molecule has 2 aliphatic rings. The van der Waals surface area contributed by atoms with Gasteiger partial charge in [-0.2, -0.15) is 18.3 Å². The Hall–Kier alpha value is -2.84. The second-order valence-corrected chi connectivity index (χ2v) is 10.1. The van der Waals surface area contributed by atoms with Crippen molar-refractivity contribution in [2.45, 2.75) is 76.6 Å². The average Bonchev–Trinajstić information content (AvgIpc) is 3.73. The number of hydrogen-bond acceptors (Lipinski definition) is 3. The number of nitrogens with one attached hydrogen (secondary N) is 1. The first kappa shape index (κ1) is 25.3. The van der Waals surface area contributed by atoms with Gasteiger partial charge in [-0.05, 0) is 56.6 Å². The van der Waals surface area contributed by atoms with Crippen molar-refractivity contribution in [3.8, 4) is 0 Å². The molecule has 0 spiro atoms. The van der Waals surface area contributed by atoms with E-state index in [1.165, 1.54) is 6.07 Å². The highest BCUT2D eigenvalue weighted by Crippen LogP contribution is 2.49. The molecule has 2 fully saturated rings. The van der Waals surface area contributed by atoms with Crippen LogP contribution >= 0.6 is 0 Å². The molecule has 1 aromatic heterocycles. The lowest BCUT2D eigenvalue weighted by molar-refractivity contribution is -0.137. The Kier molecular flexibility index (Phi) is 6.72. The molecule has 0 saturated heterocycles. The van der Waals surface area contributed by atoms with E-state index in [4.69, 9.17) is 0 Å². The highest BCUT2D eigenvalue weighted by molar-refractivity contribution is 5.96. The highest BCUT2D eigenvalue weighted by atomic mass is 19.4. The van der Waals surface area contributed by atoms with E-state index in [0.29, 0.717) is 24.1 Å². The zero-order chi connectivity index (χ0) is 25.5. The summed E-state index contributed by atoms with van der Waals surface area (Å²) in [4.78, 5) is 27.6. The number of likely N-dealkylation sites (N-methyl/N-ethyl adjacent to an activating group) is 1. The fraction of sp³-hybridized carbons (Fsp3) is 0.577. The van der Waals surface area contributed by atoms with Crippen LogP contribution in [0.5, 0.6) is 0 Å². The third-order valence-electron chi connectivity index (χ3n) is 7.48. The lowest BCUT2D eigenvalue weighted by Crippen LogP contribution is -2.47. The number of carbonyl (C=O) groups excluding carboxylic acids is 2. The lowest BCUT2D eigenvalue weighted by Gasteiger charge is -2.25. The summed E-state index contributed by atoms with van der Waals surface area (Å²) in [5.41, 5.74) is 0.767. The normalized spacial score (nSPS) is 20.6. The number of hydrogen-bond donors (Lipinski definition) is 1. The number of halogens is 3. The van der Waals surface area contributed by atoms with Crippen molar-refractivity contribution >= 4 is 11.8 Å². The van der Waals surface area contributed by atoms with E-state index in [9.17, 15) is 22.8 Å². The van der Waals surface area contributed by atoms with Crippen molar-refractivity contribution in [2.75, 3.05) is 13.6 Å². The van der Waals surface area contributed by atoms with Crippen LogP contribution in [0.3, 0.4) is 0 Å². The summed E-state index contributed by atoms with van der Waals surface area (Å²) >= 11 is 0. The molecule has 0 bridgehead atoms. The smallest absolute Gasteiger partial charge is 0.345 e. The molecule has 190 valence electrons. The maximum Gasteiger partial charge on any atom is 0.416 e. The van der Waals surface area contributed by atoms with Gasteiger partial charge in [-0.25, -0.2) is 0 Å². The monoisotopic (exact) mass is 490 g/mol. The number of carbonyl (C=O) groups is 2. The number of alkyl halides is 3. The van der Waals surface area contributed by atoms with E-state index in [1.807, 2.05) is 11.6 Å². The maximum absolute atomic E-state index is 13.0. The summed E-state index contributed by atoms with van der Waals surface area (Å²) in [6.45, 7) is 6.47. The summed E-state index contributed by atoms with van der Waals surface area (Å²) in [6, 6.07) is 5.48. The maximum atomic E-state index is 13.0. The van der Waals surface area contributed by atoms with Crippen LogP contribution in [0.2, 0.25) is 0 Å². The summed E-state index contributed by atoms with van der Waals surface area (Å²) < 4.78 is 41.0. The topological polar surface area (TPSA) is 67.2 Å². The van der Waals surface area contributed by atoms with Crippen LogP contribution in [0.25, 0.3) is 0 Å². The quantitative estimate of drug-likeness (QED) is 0.532. The zero-order valence-corrected chi connectivity index (χ0v) is 20.7. The van der Waals surface area contributed by atoms with E-state index in [-0.39, 0.29) is 29.7 Å². The summed E-state index contributed by atoms with van der Waals surface area (Å²) in [7, 11) is 1.70. The van der Waals surface area contributed by atoms with Gasteiger partial charge in [-0.3, -0.25) is 14.3 Å². The van der Waals surface area contributed by atoms with Crippen LogP contribution in [-0.4, -0.2) is 45.6 Å². The van der Waals surface area contributed by atoms with E-state index in [2.05, 4.69) is 24.3 Å². The molecule has 1 aromatic carbocycles. The fourth-order valence-corrected chi connectivity index (χ4v) is 5.03. The molecule has 2 amide bonds. The van der Waals surface area contributed by atoms with Crippen molar-refractivity contribution in [1.82, 2.24) is 20.0 Å². The van der Waals surface area contributed by atoms with Gasteiger partial charge in [0, 0.05) is 25.2 Å². The molecule has 1 heterocycles. The molecule has 2 saturated carbocycles. The van der Waals surface area contributed by atoms with E-state index >= 15 is 0 Å². The third kappa shape index (κ3) is 5.23. The molecule has 4 rings (SSSR count). The number of aromatic nitrogens is 2. The Morgan fingerprint density at radius 2 is 1.94 bits per heavy atom. The zero-order valence-electron chi connectivity index (χ0n) is 20.7. The average molecular weight is 491 g/mol. The standard InChI is InChI=1S/C26H33F3N4O2/c1-5-19(6-2)33-16(3)22(14-30-33)23(34)31-25(10-11-25)15-32(4)24(35)21-13-20(21)17-8-7-9-18(12-17)26(27,28)29/h7-9,12,14,19-21H,5-6,10-11,13,15H2,1-4H3,(H,31,34)/t20-,21+/m0/s1. The van der Waals surface area contributed by atoms with Crippen molar-refractivity contribution in [1.29, 1.82) is 0 Å². The number of nitrogens with zero attached hydrogens (tertiary/aromatic N) is 3. The summed E-state index contributed by atoms with van der Waals surface area (Å²) in [5.74, 6) is -0.803. The second kappa shape index (κ2) is 9.32. The van der Waals surface area contributed by atoms with Gasteiger partial charge < -0.3 is 10.2 Å². The van der Waals surface area contributed by atoms with Gasteiger partial charge in [0.05, 0.1) is 28.9 Å². The molecule has 0 radical (unpaired) electrons. The molecular formula is C26H33F3N4O2. The van der Waals surface area contributed by atoms with E-state index in [1.54, 1.807) is 24.2 Å². The molecule has 9 heteroatoms. The van der Waals surface area contributed by atoms with Gasteiger partial charge in [0.1, 0.15) is 0 Å². The second-order valence-electron chi connectivity index (χ2n) is 10.1. The molecule has 35 heavy (non-hydrogen) atoms. The fourth-order valence-electron chi connectivity index (χ4n) is 5.03. The van der Waals surface area contributed by atoms with Gasteiger partial charge in [-0.15, -0.1) is 0 Å². The Balaban J connectivity index is 1.36. The van der Waals surface area contributed by atoms with Crippen LogP contribution in [0.1, 0.15) is 85.1 Å². The van der Waals surface area contributed by atoms with Crippen LogP contribution in [0.4, 0.5) is 13.2 Å². The predicted molar refractivity (Wildman–Crippen MR) is 126 cm³/mol. The molecule has 2 atom stereocenters. The van der Waals surface area contributed by atoms with Crippen molar-refractivity contribution in [2.24, 2.45) is 5.92 Å². The van der Waals surface area contributed by atoms with Crippen molar-refractivity contribution in [3.05, 3.63) is 52.8 Å². The Bertz CT molecular complexity index is 1100. The van der Waals surface area contributed by atoms with Crippen LogP contribution in [0.15, 0.2) is 30.5 Å². The van der Waals surface area contributed by atoms with Crippen LogP contribution < -0.4 is 5.32 Å². The van der Waals surface area contributed by atoms with E-state index < -0.39 is 17.3 Å². The largest absolute Gasteiger partial charge is 0.416 e. The van der Waals surface area contributed by atoms with Crippen molar-refractivity contribution in [3.63, 3.8) is 0 Å². The first-order valence-electron chi connectivity index (χ1n) is 12.3. The van der Waals surface area contributed by atoms with E-state index in [0.717, 1.165) is 43.5 Å². The molecule has 2 aromatic rings. The molecular weight excluding hydrogens is 457 g/mol. The number of benzene rings is 1.